The SMILES string of the molecule is CC(Br)C(Br)(c1ccc(N)cc1)c1ccc(N)cc1. The van der Waals surface area contributed by atoms with E-state index in [1.54, 1.807) is 0 Å². The molecule has 0 saturated heterocycles. The van der Waals surface area contributed by atoms with Gasteiger partial charge in [0.05, 0.1) is 4.32 Å². The first-order valence-electron chi connectivity index (χ1n) is 5.99. The second-order valence-electron chi connectivity index (χ2n) is 4.57. The Hall–Kier alpha value is -1.00. The number of rotatable bonds is 3. The number of halogens is 2. The van der Waals surface area contributed by atoms with Gasteiger partial charge in [-0.3, -0.25) is 0 Å². The molecule has 4 heteroatoms. The maximum absolute atomic E-state index is 5.76. The molecule has 0 heterocycles. The fourth-order valence-corrected chi connectivity index (χ4v) is 3.13. The molecular weight excluding hydrogens is 368 g/mol. The van der Waals surface area contributed by atoms with Gasteiger partial charge < -0.3 is 11.5 Å². The zero-order chi connectivity index (χ0) is 14.0. The molecular formula is C15H16Br2N2. The van der Waals surface area contributed by atoms with Gasteiger partial charge in [-0.05, 0) is 35.4 Å². The summed E-state index contributed by atoms with van der Waals surface area (Å²) in [6.07, 6.45) is 0. The predicted octanol–water partition coefficient (Wildman–Crippen LogP) is 4.27. The first-order valence-corrected chi connectivity index (χ1v) is 7.70. The molecule has 0 fully saturated rings. The lowest BCUT2D eigenvalue weighted by atomic mass is 9.88. The predicted molar refractivity (Wildman–Crippen MR) is 89.8 cm³/mol. The molecule has 0 radical (unpaired) electrons. The third-order valence-corrected chi connectivity index (χ3v) is 6.11. The van der Waals surface area contributed by atoms with Gasteiger partial charge in [-0.2, -0.15) is 0 Å². The second-order valence-corrected chi connectivity index (χ2v) is 7.20. The largest absolute Gasteiger partial charge is 0.399 e. The molecule has 2 rings (SSSR count). The number of nitrogens with two attached hydrogens (primary N) is 2. The van der Waals surface area contributed by atoms with Crippen LogP contribution in [0.1, 0.15) is 18.1 Å². The smallest absolute Gasteiger partial charge is 0.0876 e. The average Bonchev–Trinajstić information content (AvgIpc) is 2.39. The first kappa shape index (κ1) is 14.4. The summed E-state index contributed by atoms with van der Waals surface area (Å²) in [4.78, 5) is 0.201. The van der Waals surface area contributed by atoms with Gasteiger partial charge in [0, 0.05) is 16.2 Å². The summed E-state index contributed by atoms with van der Waals surface area (Å²) in [5, 5.41) is 0. The molecule has 19 heavy (non-hydrogen) atoms. The number of hydrogen-bond acceptors (Lipinski definition) is 2. The summed E-state index contributed by atoms with van der Waals surface area (Å²) >= 11 is 7.58. The lowest BCUT2D eigenvalue weighted by Crippen LogP contribution is -2.28. The van der Waals surface area contributed by atoms with Crippen molar-refractivity contribution in [2.45, 2.75) is 16.1 Å². The Labute approximate surface area is 130 Å². The van der Waals surface area contributed by atoms with E-state index in [1.807, 2.05) is 48.5 Å². The Kier molecular flexibility index (Phi) is 4.21. The van der Waals surface area contributed by atoms with E-state index >= 15 is 0 Å². The van der Waals surface area contributed by atoms with Crippen molar-refractivity contribution >= 4 is 43.2 Å². The molecule has 1 unspecified atom stereocenters. The number of nitrogen functional groups attached to an aromatic ring is 2. The van der Waals surface area contributed by atoms with Crippen LogP contribution >= 0.6 is 31.9 Å². The van der Waals surface area contributed by atoms with Crippen LogP contribution in [-0.4, -0.2) is 4.83 Å². The Morgan fingerprint density at radius 2 is 1.16 bits per heavy atom. The third kappa shape index (κ3) is 2.79. The van der Waals surface area contributed by atoms with Crippen LogP contribution in [-0.2, 0) is 4.32 Å². The molecule has 0 amide bonds. The van der Waals surface area contributed by atoms with E-state index in [4.69, 9.17) is 11.5 Å². The highest BCUT2D eigenvalue weighted by molar-refractivity contribution is 9.12. The molecule has 0 aromatic heterocycles. The summed E-state index contributed by atoms with van der Waals surface area (Å²) in [7, 11) is 0. The van der Waals surface area contributed by atoms with Crippen LogP contribution in [0, 0.1) is 0 Å². The van der Waals surface area contributed by atoms with Crippen LogP contribution in [0.25, 0.3) is 0 Å². The zero-order valence-electron chi connectivity index (χ0n) is 10.6. The van der Waals surface area contributed by atoms with Crippen LogP contribution in [0.5, 0.6) is 0 Å². The maximum atomic E-state index is 5.76. The highest BCUT2D eigenvalue weighted by atomic mass is 79.9. The molecule has 2 aromatic carbocycles. The quantitative estimate of drug-likeness (QED) is 0.614. The third-order valence-electron chi connectivity index (χ3n) is 3.21. The van der Waals surface area contributed by atoms with Crippen molar-refractivity contribution in [2.75, 3.05) is 11.5 Å². The van der Waals surface area contributed by atoms with Gasteiger partial charge >= 0.3 is 0 Å². The molecule has 1 atom stereocenters. The van der Waals surface area contributed by atoms with E-state index in [2.05, 4.69) is 38.8 Å². The zero-order valence-corrected chi connectivity index (χ0v) is 13.8. The van der Waals surface area contributed by atoms with Crippen LogP contribution in [0.15, 0.2) is 48.5 Å². The highest BCUT2D eigenvalue weighted by Crippen LogP contribution is 2.45. The molecule has 0 aliphatic carbocycles. The Morgan fingerprint density at radius 1 is 0.842 bits per heavy atom. The van der Waals surface area contributed by atoms with E-state index in [-0.39, 0.29) is 9.15 Å². The summed E-state index contributed by atoms with van der Waals surface area (Å²) in [5.41, 5.74) is 15.3. The monoisotopic (exact) mass is 382 g/mol. The van der Waals surface area contributed by atoms with Gasteiger partial charge in [-0.25, -0.2) is 0 Å². The molecule has 2 aromatic rings. The Morgan fingerprint density at radius 3 is 1.42 bits per heavy atom. The van der Waals surface area contributed by atoms with Crippen LogP contribution < -0.4 is 11.5 Å². The van der Waals surface area contributed by atoms with Crippen molar-refractivity contribution in [2.24, 2.45) is 0 Å². The number of alkyl halides is 2. The van der Waals surface area contributed by atoms with E-state index in [0.717, 1.165) is 22.5 Å². The topological polar surface area (TPSA) is 52.0 Å². The fourth-order valence-electron chi connectivity index (χ4n) is 2.08. The average molecular weight is 384 g/mol. The highest BCUT2D eigenvalue weighted by Gasteiger charge is 2.35. The molecule has 0 aliphatic heterocycles. The van der Waals surface area contributed by atoms with Crippen molar-refractivity contribution in [3.05, 3.63) is 59.7 Å². The van der Waals surface area contributed by atoms with E-state index in [9.17, 15) is 0 Å². The summed E-state index contributed by atoms with van der Waals surface area (Å²) in [6, 6.07) is 15.8. The molecule has 0 spiro atoms. The number of hydrogen-bond donors (Lipinski definition) is 2. The molecule has 100 valence electrons. The molecule has 0 bridgehead atoms. The van der Waals surface area contributed by atoms with Crippen LogP contribution in [0.4, 0.5) is 11.4 Å². The molecule has 2 nitrogen and oxygen atoms in total. The summed E-state index contributed by atoms with van der Waals surface area (Å²) in [5.74, 6) is 0. The molecule has 4 N–H and O–H groups in total. The lowest BCUT2D eigenvalue weighted by Gasteiger charge is -2.32. The fraction of sp³-hybridized carbons (Fsp3) is 0.200. The minimum atomic E-state index is -0.311. The van der Waals surface area contributed by atoms with E-state index < -0.39 is 0 Å². The van der Waals surface area contributed by atoms with Gasteiger partial charge in [0.2, 0.25) is 0 Å². The van der Waals surface area contributed by atoms with Crippen molar-refractivity contribution in [1.82, 2.24) is 0 Å². The number of anilines is 2. The summed E-state index contributed by atoms with van der Waals surface area (Å²) in [6.45, 7) is 2.11. The first-order chi connectivity index (χ1) is 8.94. The van der Waals surface area contributed by atoms with Gasteiger partial charge in [0.25, 0.3) is 0 Å². The van der Waals surface area contributed by atoms with Crippen LogP contribution in [0.2, 0.25) is 0 Å². The van der Waals surface area contributed by atoms with E-state index in [1.165, 1.54) is 0 Å². The summed E-state index contributed by atoms with van der Waals surface area (Å²) < 4.78 is -0.311. The van der Waals surface area contributed by atoms with Crippen molar-refractivity contribution in [3.8, 4) is 0 Å². The van der Waals surface area contributed by atoms with Gasteiger partial charge in [-0.1, -0.05) is 63.0 Å². The standard InChI is InChI=1S/C15H16Br2N2/c1-10(16)15(17,11-2-6-13(18)7-3-11)12-4-8-14(19)9-5-12/h2-10H,18-19H2,1H3. The van der Waals surface area contributed by atoms with Crippen molar-refractivity contribution in [1.29, 1.82) is 0 Å². The van der Waals surface area contributed by atoms with Gasteiger partial charge in [-0.15, -0.1) is 0 Å². The second kappa shape index (κ2) is 5.55. The molecule has 0 aliphatic rings. The van der Waals surface area contributed by atoms with E-state index in [0.29, 0.717) is 0 Å². The maximum Gasteiger partial charge on any atom is 0.0876 e. The van der Waals surface area contributed by atoms with Crippen molar-refractivity contribution in [3.63, 3.8) is 0 Å². The Bertz CT molecular complexity index is 502. The molecule has 0 saturated carbocycles. The Balaban J connectivity index is 2.54. The minimum absolute atomic E-state index is 0.201. The van der Waals surface area contributed by atoms with Crippen LogP contribution in [0.3, 0.4) is 0 Å². The normalized spacial score (nSPS) is 13.2. The number of benzene rings is 2. The lowest BCUT2D eigenvalue weighted by molar-refractivity contribution is 0.755. The van der Waals surface area contributed by atoms with Crippen molar-refractivity contribution < 1.29 is 0 Å². The van der Waals surface area contributed by atoms with Gasteiger partial charge in [0.1, 0.15) is 0 Å². The minimum Gasteiger partial charge on any atom is -0.399 e. The van der Waals surface area contributed by atoms with Gasteiger partial charge in [0.15, 0.2) is 0 Å².